The quantitative estimate of drug-likeness (QED) is 0.723. The van der Waals surface area contributed by atoms with Crippen molar-refractivity contribution in [3.63, 3.8) is 0 Å². The van der Waals surface area contributed by atoms with E-state index in [1.807, 2.05) is 22.3 Å². The molecule has 1 aliphatic rings. The smallest absolute Gasteiger partial charge is 0.291 e. The molecule has 26 heavy (non-hydrogen) atoms. The van der Waals surface area contributed by atoms with Crippen LogP contribution in [-0.2, 0) is 17.8 Å². The molecule has 2 atom stereocenters. The van der Waals surface area contributed by atoms with Crippen molar-refractivity contribution in [1.82, 2.24) is 19.1 Å². The minimum atomic E-state index is -0.265. The Morgan fingerprint density at radius 1 is 1.27 bits per heavy atom. The lowest BCUT2D eigenvalue weighted by Gasteiger charge is -2.39. The number of likely N-dealkylation sites (tertiary alicyclic amines) is 1. The summed E-state index contributed by atoms with van der Waals surface area (Å²) in [5.41, 5.74) is 1.72. The van der Waals surface area contributed by atoms with Crippen molar-refractivity contribution in [3.8, 4) is 0 Å². The van der Waals surface area contributed by atoms with Crippen molar-refractivity contribution in [2.45, 2.75) is 65.1 Å². The van der Waals surface area contributed by atoms with Gasteiger partial charge in [0, 0.05) is 30.6 Å². The number of aryl methyl sites for hydroxylation is 1. The fourth-order valence-corrected chi connectivity index (χ4v) is 4.18. The van der Waals surface area contributed by atoms with E-state index in [0.717, 1.165) is 30.6 Å². The number of hydrogen-bond donors (Lipinski definition) is 0. The summed E-state index contributed by atoms with van der Waals surface area (Å²) in [7, 11) is 0. The molecule has 138 valence electrons. The Hall–Kier alpha value is -2.57. The Labute approximate surface area is 151 Å². The molecule has 1 saturated heterocycles. The summed E-state index contributed by atoms with van der Waals surface area (Å²) in [5, 5.41) is 4.48. The first-order chi connectivity index (χ1) is 12.5. The van der Waals surface area contributed by atoms with Crippen LogP contribution in [-0.4, -0.2) is 37.1 Å². The molecule has 0 N–H and O–H groups in total. The van der Waals surface area contributed by atoms with Gasteiger partial charge in [-0.1, -0.05) is 6.92 Å². The van der Waals surface area contributed by atoms with Crippen LogP contribution in [0.25, 0.3) is 16.6 Å². The predicted molar refractivity (Wildman–Crippen MR) is 98.2 cm³/mol. The molecule has 0 bridgehead atoms. The molecule has 0 aliphatic carbocycles. The third kappa shape index (κ3) is 2.53. The maximum absolute atomic E-state index is 12.9. The third-order valence-electron chi connectivity index (χ3n) is 5.45. The molecule has 0 saturated carbocycles. The number of fused-ring (bicyclic) bond motifs is 3. The van der Waals surface area contributed by atoms with Gasteiger partial charge in [0.2, 0.25) is 5.91 Å². The van der Waals surface area contributed by atoms with Gasteiger partial charge in [-0.2, -0.15) is 5.10 Å². The first kappa shape index (κ1) is 16.9. The van der Waals surface area contributed by atoms with Crippen LogP contribution < -0.4 is 5.56 Å². The van der Waals surface area contributed by atoms with Crippen LogP contribution in [0.3, 0.4) is 0 Å². The van der Waals surface area contributed by atoms with Gasteiger partial charge in [0.15, 0.2) is 5.58 Å². The number of rotatable bonds is 3. The van der Waals surface area contributed by atoms with Crippen molar-refractivity contribution in [2.75, 3.05) is 0 Å². The highest BCUT2D eigenvalue weighted by Crippen LogP contribution is 2.23. The number of aromatic nitrogens is 3. The Balaban J connectivity index is 1.76. The van der Waals surface area contributed by atoms with Gasteiger partial charge in [0.05, 0.1) is 11.8 Å². The van der Waals surface area contributed by atoms with Gasteiger partial charge in [-0.25, -0.2) is 4.68 Å². The molecule has 1 aliphatic heterocycles. The molecular weight excluding hydrogens is 332 g/mol. The fraction of sp³-hybridized carbons (Fsp3) is 0.526. The zero-order valence-electron chi connectivity index (χ0n) is 15.4. The molecule has 7 heteroatoms. The molecule has 0 radical (unpaired) electrons. The van der Waals surface area contributed by atoms with Crippen LogP contribution in [0.4, 0.5) is 0 Å². The minimum Gasteiger partial charge on any atom is -0.463 e. The molecule has 0 unspecified atom stereocenters. The third-order valence-corrected chi connectivity index (χ3v) is 5.45. The zero-order chi connectivity index (χ0) is 18.4. The summed E-state index contributed by atoms with van der Waals surface area (Å²) in [6.07, 6.45) is 5.40. The number of amides is 1. The Morgan fingerprint density at radius 2 is 2.00 bits per heavy atom. The molecule has 4 rings (SSSR count). The number of nitrogens with zero attached hydrogens (tertiary/aromatic N) is 4. The van der Waals surface area contributed by atoms with E-state index in [1.54, 1.807) is 12.3 Å². The van der Waals surface area contributed by atoms with Crippen LogP contribution in [0, 0.1) is 0 Å². The van der Waals surface area contributed by atoms with Crippen LogP contribution in [0.1, 0.15) is 45.9 Å². The average Bonchev–Trinajstić information content (AvgIpc) is 3.18. The fourth-order valence-electron chi connectivity index (χ4n) is 4.18. The second-order valence-electron chi connectivity index (χ2n) is 7.20. The first-order valence-corrected chi connectivity index (χ1v) is 9.31. The summed E-state index contributed by atoms with van der Waals surface area (Å²) in [5.74, 6) is 0.699. The molecule has 1 fully saturated rings. The van der Waals surface area contributed by atoms with E-state index in [0.29, 0.717) is 17.5 Å². The number of hydrogen-bond acceptors (Lipinski definition) is 4. The van der Waals surface area contributed by atoms with Gasteiger partial charge in [-0.3, -0.25) is 14.0 Å². The minimum absolute atomic E-state index is 0.0242. The molecule has 3 aromatic rings. The van der Waals surface area contributed by atoms with Crippen molar-refractivity contribution in [2.24, 2.45) is 0 Å². The number of carbonyl (C=O) groups is 1. The lowest BCUT2D eigenvalue weighted by atomic mass is 9.97. The Bertz CT molecular complexity index is 1020. The highest BCUT2D eigenvalue weighted by Gasteiger charge is 2.29. The van der Waals surface area contributed by atoms with E-state index in [-0.39, 0.29) is 30.1 Å². The van der Waals surface area contributed by atoms with Crippen LogP contribution in [0.5, 0.6) is 0 Å². The van der Waals surface area contributed by atoms with Gasteiger partial charge >= 0.3 is 0 Å². The molecule has 3 aromatic heterocycles. The standard InChI is InChI=1S/C19H24N4O3/c1-4-17-20-21(11-18(24)22-12(2)6-5-7-13(22)3)19(25)15-10-16-14(23(15)17)8-9-26-16/h8-10,12-13H,4-7,11H2,1-3H3/t12-,13-/m0/s1. The lowest BCUT2D eigenvalue weighted by Crippen LogP contribution is -2.49. The number of carbonyl (C=O) groups excluding carboxylic acids is 1. The highest BCUT2D eigenvalue weighted by atomic mass is 16.3. The molecule has 1 amide bonds. The van der Waals surface area contributed by atoms with E-state index in [9.17, 15) is 9.59 Å². The van der Waals surface area contributed by atoms with E-state index < -0.39 is 0 Å². The highest BCUT2D eigenvalue weighted by molar-refractivity contribution is 5.82. The Kier molecular flexibility index (Phi) is 4.09. The lowest BCUT2D eigenvalue weighted by molar-refractivity contribution is -0.138. The van der Waals surface area contributed by atoms with E-state index in [4.69, 9.17) is 4.42 Å². The predicted octanol–water partition coefficient (Wildman–Crippen LogP) is 2.59. The van der Waals surface area contributed by atoms with Crippen LogP contribution in [0.15, 0.2) is 27.6 Å². The molecule has 0 aromatic carbocycles. The maximum Gasteiger partial charge on any atom is 0.291 e. The summed E-state index contributed by atoms with van der Waals surface area (Å²) in [4.78, 5) is 27.7. The zero-order valence-corrected chi connectivity index (χ0v) is 15.4. The van der Waals surface area contributed by atoms with E-state index in [2.05, 4.69) is 18.9 Å². The van der Waals surface area contributed by atoms with Crippen molar-refractivity contribution < 1.29 is 9.21 Å². The second-order valence-corrected chi connectivity index (χ2v) is 7.20. The summed E-state index contributed by atoms with van der Waals surface area (Å²) in [6, 6.07) is 3.96. The van der Waals surface area contributed by atoms with Gasteiger partial charge in [0.1, 0.15) is 17.9 Å². The van der Waals surface area contributed by atoms with Gasteiger partial charge < -0.3 is 9.32 Å². The monoisotopic (exact) mass is 356 g/mol. The van der Waals surface area contributed by atoms with Crippen molar-refractivity contribution in [1.29, 1.82) is 0 Å². The second kappa shape index (κ2) is 6.30. The van der Waals surface area contributed by atoms with Crippen molar-refractivity contribution in [3.05, 3.63) is 34.6 Å². The Morgan fingerprint density at radius 3 is 2.69 bits per heavy atom. The van der Waals surface area contributed by atoms with Gasteiger partial charge in [0.25, 0.3) is 5.56 Å². The molecule has 4 heterocycles. The summed E-state index contributed by atoms with van der Waals surface area (Å²) in [6.45, 7) is 6.11. The topological polar surface area (TPSA) is 72.8 Å². The maximum atomic E-state index is 12.9. The normalized spacial score (nSPS) is 21.0. The summed E-state index contributed by atoms with van der Waals surface area (Å²) < 4.78 is 8.57. The first-order valence-electron chi connectivity index (χ1n) is 9.31. The van der Waals surface area contributed by atoms with Gasteiger partial charge in [-0.15, -0.1) is 0 Å². The summed E-state index contributed by atoms with van der Waals surface area (Å²) >= 11 is 0. The molecule has 0 spiro atoms. The number of piperidine rings is 1. The largest absolute Gasteiger partial charge is 0.463 e. The average molecular weight is 356 g/mol. The molecular formula is C19H24N4O3. The SMILES string of the molecule is CCc1nn(CC(=O)N2[C@@H](C)CCC[C@@H]2C)c(=O)c2cc3occc3n12. The van der Waals surface area contributed by atoms with E-state index >= 15 is 0 Å². The molecule has 7 nitrogen and oxygen atoms in total. The van der Waals surface area contributed by atoms with Crippen LogP contribution >= 0.6 is 0 Å². The number of furan rings is 1. The van der Waals surface area contributed by atoms with Crippen LogP contribution in [0.2, 0.25) is 0 Å². The van der Waals surface area contributed by atoms with E-state index in [1.165, 1.54) is 4.68 Å². The van der Waals surface area contributed by atoms with Gasteiger partial charge in [-0.05, 0) is 33.1 Å². The van der Waals surface area contributed by atoms with Crippen molar-refractivity contribution >= 4 is 22.5 Å².